The minimum absolute atomic E-state index is 0.233. The van der Waals surface area contributed by atoms with Gasteiger partial charge in [-0.1, -0.05) is 18.2 Å². The van der Waals surface area contributed by atoms with Crippen LogP contribution < -0.4 is 0 Å². The third-order valence-electron chi connectivity index (χ3n) is 4.35. The second-order valence-electron chi connectivity index (χ2n) is 6.11. The molecule has 4 nitrogen and oxygen atoms in total. The molecule has 1 aliphatic heterocycles. The van der Waals surface area contributed by atoms with Crippen LogP contribution in [-0.2, 0) is 11.2 Å². The number of carbonyl (C=O) groups excluding carboxylic acids is 1. The fourth-order valence-electron chi connectivity index (χ4n) is 3.01. The van der Waals surface area contributed by atoms with Gasteiger partial charge in [-0.3, -0.25) is 4.79 Å². The van der Waals surface area contributed by atoms with Gasteiger partial charge in [-0.2, -0.15) is 13.2 Å². The molecule has 1 heterocycles. The first-order valence-corrected chi connectivity index (χ1v) is 7.92. The maximum Gasteiger partial charge on any atom is 0.389 e. The van der Waals surface area contributed by atoms with E-state index in [1.807, 2.05) is 0 Å². The number of carbonyl (C=O) groups is 2. The highest BCUT2D eigenvalue weighted by atomic mass is 19.4. The highest BCUT2D eigenvalue weighted by Crippen LogP contribution is 2.26. The zero-order valence-corrected chi connectivity index (χ0v) is 13.2. The summed E-state index contributed by atoms with van der Waals surface area (Å²) in [5, 5.41) is 9.19. The summed E-state index contributed by atoms with van der Waals surface area (Å²) in [7, 11) is 0. The van der Waals surface area contributed by atoms with E-state index in [9.17, 15) is 27.9 Å². The van der Waals surface area contributed by atoms with Gasteiger partial charge in [-0.05, 0) is 36.8 Å². The Morgan fingerprint density at radius 3 is 2.38 bits per heavy atom. The molecule has 1 aliphatic rings. The summed E-state index contributed by atoms with van der Waals surface area (Å²) in [5.74, 6) is -1.20. The van der Waals surface area contributed by atoms with Crippen molar-refractivity contribution in [2.45, 2.75) is 38.3 Å². The van der Waals surface area contributed by atoms with Crippen molar-refractivity contribution in [3.8, 4) is 0 Å². The Hall–Kier alpha value is -2.05. The summed E-state index contributed by atoms with van der Waals surface area (Å²) < 4.78 is 36.5. The number of aromatic carboxylic acids is 1. The molecule has 0 radical (unpaired) electrons. The van der Waals surface area contributed by atoms with Crippen molar-refractivity contribution < 1.29 is 27.9 Å². The second-order valence-corrected chi connectivity index (χ2v) is 6.11. The van der Waals surface area contributed by atoms with Crippen molar-refractivity contribution in [3.63, 3.8) is 0 Å². The van der Waals surface area contributed by atoms with Crippen molar-refractivity contribution in [2.75, 3.05) is 13.1 Å². The summed E-state index contributed by atoms with van der Waals surface area (Å²) in [5.41, 5.74) is 1.04. The molecular formula is C17H20F3NO3. The number of halogens is 3. The van der Waals surface area contributed by atoms with Crippen LogP contribution in [0.15, 0.2) is 24.3 Å². The van der Waals surface area contributed by atoms with Crippen LogP contribution in [0.25, 0.3) is 0 Å². The maximum absolute atomic E-state index is 12.2. The van der Waals surface area contributed by atoms with Crippen LogP contribution in [-0.4, -0.2) is 41.1 Å². The van der Waals surface area contributed by atoms with E-state index < -0.39 is 30.9 Å². The normalized spacial score (nSPS) is 16.2. The largest absolute Gasteiger partial charge is 0.478 e. The van der Waals surface area contributed by atoms with Gasteiger partial charge in [0.2, 0.25) is 5.91 Å². The fraction of sp³-hybridized carbons (Fsp3) is 0.529. The number of nitrogens with zero attached hydrogens (tertiary/aromatic N) is 1. The molecule has 0 aromatic heterocycles. The first-order valence-electron chi connectivity index (χ1n) is 7.92. The number of hydrogen-bond donors (Lipinski definition) is 1. The van der Waals surface area contributed by atoms with Gasteiger partial charge >= 0.3 is 12.1 Å². The van der Waals surface area contributed by atoms with Crippen LogP contribution in [0.1, 0.15) is 41.6 Å². The Kier molecular flexibility index (Phi) is 5.85. The standard InChI is InChI=1S/C17H20F3NO3/c18-17(19,20)8-5-15(22)21-9-6-12(7-10-21)11-13-3-1-2-4-14(13)16(23)24/h1-4,12H,5-11H2,(H,23,24). The average Bonchev–Trinajstić information content (AvgIpc) is 2.53. The van der Waals surface area contributed by atoms with Gasteiger partial charge in [0, 0.05) is 19.5 Å². The monoisotopic (exact) mass is 343 g/mol. The molecule has 0 bridgehead atoms. The Morgan fingerprint density at radius 2 is 1.79 bits per heavy atom. The maximum atomic E-state index is 12.2. The molecule has 0 unspecified atom stereocenters. The van der Waals surface area contributed by atoms with Crippen LogP contribution in [0, 0.1) is 5.92 Å². The van der Waals surface area contributed by atoms with Crippen molar-refractivity contribution in [3.05, 3.63) is 35.4 Å². The SMILES string of the molecule is O=C(O)c1ccccc1CC1CCN(C(=O)CCC(F)(F)F)CC1. The van der Waals surface area contributed by atoms with Crippen molar-refractivity contribution in [1.82, 2.24) is 4.90 Å². The van der Waals surface area contributed by atoms with Crippen molar-refractivity contribution in [2.24, 2.45) is 5.92 Å². The third kappa shape index (κ3) is 5.25. The molecule has 0 spiro atoms. The summed E-state index contributed by atoms with van der Waals surface area (Å²) in [4.78, 5) is 24.5. The minimum Gasteiger partial charge on any atom is -0.478 e. The Bertz CT molecular complexity index is 593. The zero-order chi connectivity index (χ0) is 17.7. The Balaban J connectivity index is 1.85. The molecule has 0 aliphatic carbocycles. The number of likely N-dealkylation sites (tertiary alicyclic amines) is 1. The van der Waals surface area contributed by atoms with E-state index >= 15 is 0 Å². The van der Waals surface area contributed by atoms with Crippen molar-refractivity contribution in [1.29, 1.82) is 0 Å². The number of alkyl halides is 3. The lowest BCUT2D eigenvalue weighted by Crippen LogP contribution is -2.39. The quantitative estimate of drug-likeness (QED) is 0.890. The predicted octanol–water partition coefficient (Wildman–Crippen LogP) is 3.51. The average molecular weight is 343 g/mol. The fourth-order valence-corrected chi connectivity index (χ4v) is 3.01. The molecule has 1 aromatic carbocycles. The lowest BCUT2D eigenvalue weighted by atomic mass is 9.88. The van der Waals surface area contributed by atoms with E-state index in [4.69, 9.17) is 0 Å². The van der Waals surface area contributed by atoms with Gasteiger partial charge in [0.05, 0.1) is 12.0 Å². The first-order chi connectivity index (χ1) is 11.3. The number of piperidine rings is 1. The second kappa shape index (κ2) is 7.68. The topological polar surface area (TPSA) is 57.6 Å². The molecule has 1 N–H and O–H groups in total. The van der Waals surface area contributed by atoms with E-state index in [0.29, 0.717) is 32.4 Å². The molecule has 0 atom stereocenters. The third-order valence-corrected chi connectivity index (χ3v) is 4.35. The molecule has 0 saturated carbocycles. The van der Waals surface area contributed by atoms with E-state index in [2.05, 4.69) is 0 Å². The van der Waals surface area contributed by atoms with Crippen LogP contribution >= 0.6 is 0 Å². The van der Waals surface area contributed by atoms with E-state index in [1.54, 1.807) is 24.3 Å². The highest BCUT2D eigenvalue weighted by Gasteiger charge is 2.30. The van der Waals surface area contributed by atoms with Crippen molar-refractivity contribution >= 4 is 11.9 Å². The van der Waals surface area contributed by atoms with E-state index in [0.717, 1.165) is 5.56 Å². The molecule has 132 valence electrons. The molecular weight excluding hydrogens is 323 g/mol. The predicted molar refractivity (Wildman–Crippen MR) is 81.7 cm³/mol. The van der Waals surface area contributed by atoms with Crippen LogP contribution in [0.4, 0.5) is 13.2 Å². The van der Waals surface area contributed by atoms with Gasteiger partial charge in [-0.15, -0.1) is 0 Å². The van der Waals surface area contributed by atoms with Crippen LogP contribution in [0.5, 0.6) is 0 Å². The Morgan fingerprint density at radius 1 is 1.17 bits per heavy atom. The zero-order valence-electron chi connectivity index (χ0n) is 13.2. The molecule has 1 saturated heterocycles. The van der Waals surface area contributed by atoms with E-state index in [1.165, 1.54) is 4.90 Å². The Labute approximate surface area is 138 Å². The summed E-state index contributed by atoms with van der Waals surface area (Å²) in [6.45, 7) is 0.854. The molecule has 1 fully saturated rings. The lowest BCUT2D eigenvalue weighted by Gasteiger charge is -2.32. The van der Waals surface area contributed by atoms with Crippen LogP contribution in [0.3, 0.4) is 0 Å². The summed E-state index contributed by atoms with van der Waals surface area (Å²) in [6.07, 6.45) is -3.95. The van der Waals surface area contributed by atoms with E-state index in [-0.39, 0.29) is 11.5 Å². The van der Waals surface area contributed by atoms with Gasteiger partial charge in [0.25, 0.3) is 0 Å². The van der Waals surface area contributed by atoms with Gasteiger partial charge in [0.15, 0.2) is 0 Å². The summed E-state index contributed by atoms with van der Waals surface area (Å²) >= 11 is 0. The van der Waals surface area contributed by atoms with Gasteiger partial charge in [-0.25, -0.2) is 4.79 Å². The minimum atomic E-state index is -4.31. The molecule has 1 aromatic rings. The molecule has 2 rings (SSSR count). The number of hydrogen-bond acceptors (Lipinski definition) is 2. The smallest absolute Gasteiger partial charge is 0.389 e. The number of benzene rings is 1. The number of carboxylic acid groups (broad SMARTS) is 1. The van der Waals surface area contributed by atoms with Crippen LogP contribution in [0.2, 0.25) is 0 Å². The molecule has 1 amide bonds. The van der Waals surface area contributed by atoms with Gasteiger partial charge < -0.3 is 10.0 Å². The highest BCUT2D eigenvalue weighted by molar-refractivity contribution is 5.89. The molecule has 24 heavy (non-hydrogen) atoms. The number of rotatable bonds is 5. The number of carboxylic acids is 1. The lowest BCUT2D eigenvalue weighted by molar-refractivity contribution is -0.149. The van der Waals surface area contributed by atoms with Gasteiger partial charge in [0.1, 0.15) is 0 Å². The molecule has 7 heteroatoms. The first kappa shape index (κ1) is 18.3. The summed E-state index contributed by atoms with van der Waals surface area (Å²) in [6, 6.07) is 6.81. The number of amides is 1.